The van der Waals surface area contributed by atoms with E-state index in [0.717, 1.165) is 16.9 Å². The SMILES string of the molecule is C=C1Cc2cc(O)c(O)cc2N1. The van der Waals surface area contributed by atoms with Crippen LogP contribution in [0.3, 0.4) is 0 Å². The molecule has 62 valence electrons. The maximum atomic E-state index is 9.16. The zero-order valence-corrected chi connectivity index (χ0v) is 6.46. The summed E-state index contributed by atoms with van der Waals surface area (Å²) in [6, 6.07) is 3.05. The predicted molar refractivity (Wildman–Crippen MR) is 46.2 cm³/mol. The lowest BCUT2D eigenvalue weighted by molar-refractivity contribution is 0.403. The number of benzene rings is 1. The first-order chi connectivity index (χ1) is 5.66. The molecule has 0 bridgehead atoms. The molecule has 12 heavy (non-hydrogen) atoms. The molecule has 1 heterocycles. The Morgan fingerprint density at radius 2 is 1.92 bits per heavy atom. The van der Waals surface area contributed by atoms with Crippen molar-refractivity contribution in [1.82, 2.24) is 0 Å². The smallest absolute Gasteiger partial charge is 0.159 e. The highest BCUT2D eigenvalue weighted by atomic mass is 16.3. The standard InChI is InChI=1S/C9H9NO2/c1-5-2-6-3-8(11)9(12)4-7(6)10-5/h3-4,10-12H,1-2H2. The van der Waals surface area contributed by atoms with E-state index in [1.807, 2.05) is 0 Å². The Kier molecular flexibility index (Phi) is 1.27. The van der Waals surface area contributed by atoms with Crippen LogP contribution in [0, 0.1) is 0 Å². The summed E-state index contributed by atoms with van der Waals surface area (Å²) in [5.41, 5.74) is 2.68. The maximum Gasteiger partial charge on any atom is 0.159 e. The molecule has 0 aromatic heterocycles. The number of hydrogen-bond donors (Lipinski definition) is 3. The van der Waals surface area contributed by atoms with Gasteiger partial charge < -0.3 is 15.5 Å². The van der Waals surface area contributed by atoms with E-state index in [4.69, 9.17) is 10.2 Å². The van der Waals surface area contributed by atoms with Gasteiger partial charge in [-0.15, -0.1) is 0 Å². The molecule has 1 aliphatic rings. The number of hydrogen-bond acceptors (Lipinski definition) is 3. The summed E-state index contributed by atoms with van der Waals surface area (Å²) in [5.74, 6) is -0.179. The van der Waals surface area contributed by atoms with Gasteiger partial charge in [-0.25, -0.2) is 0 Å². The lowest BCUT2D eigenvalue weighted by Crippen LogP contribution is -1.87. The minimum absolute atomic E-state index is 0.0785. The molecule has 0 spiro atoms. The van der Waals surface area contributed by atoms with Crippen LogP contribution in [0.4, 0.5) is 5.69 Å². The number of aromatic hydroxyl groups is 2. The molecule has 0 atom stereocenters. The molecule has 0 radical (unpaired) electrons. The minimum Gasteiger partial charge on any atom is -0.504 e. The Hall–Kier alpha value is -1.64. The zero-order chi connectivity index (χ0) is 8.72. The van der Waals surface area contributed by atoms with E-state index in [9.17, 15) is 0 Å². The highest BCUT2D eigenvalue weighted by Crippen LogP contribution is 2.36. The van der Waals surface area contributed by atoms with Crippen LogP contribution in [-0.2, 0) is 6.42 Å². The quantitative estimate of drug-likeness (QED) is 0.402. The molecular weight excluding hydrogens is 154 g/mol. The van der Waals surface area contributed by atoms with Crippen molar-refractivity contribution < 1.29 is 10.2 Å². The van der Waals surface area contributed by atoms with E-state index in [0.29, 0.717) is 6.42 Å². The van der Waals surface area contributed by atoms with Gasteiger partial charge in [0.2, 0.25) is 0 Å². The Bertz CT molecular complexity index is 325. The molecule has 0 unspecified atom stereocenters. The van der Waals surface area contributed by atoms with Crippen LogP contribution in [-0.4, -0.2) is 10.2 Å². The number of fused-ring (bicyclic) bond motifs is 1. The van der Waals surface area contributed by atoms with Gasteiger partial charge >= 0.3 is 0 Å². The van der Waals surface area contributed by atoms with Crippen LogP contribution in [0.5, 0.6) is 11.5 Å². The van der Waals surface area contributed by atoms with E-state index in [1.165, 1.54) is 6.07 Å². The third kappa shape index (κ3) is 0.906. The summed E-state index contributed by atoms with van der Waals surface area (Å²) in [6.45, 7) is 3.75. The van der Waals surface area contributed by atoms with E-state index in [2.05, 4.69) is 11.9 Å². The molecule has 0 aliphatic carbocycles. The summed E-state index contributed by atoms with van der Waals surface area (Å²) >= 11 is 0. The zero-order valence-electron chi connectivity index (χ0n) is 6.46. The average Bonchev–Trinajstić information content (AvgIpc) is 2.30. The molecule has 0 amide bonds. The molecule has 1 aromatic rings. The number of nitrogens with one attached hydrogen (secondary N) is 1. The first-order valence-electron chi connectivity index (χ1n) is 3.66. The first-order valence-corrected chi connectivity index (χ1v) is 3.66. The topological polar surface area (TPSA) is 52.5 Å². The van der Waals surface area contributed by atoms with Crippen LogP contribution < -0.4 is 5.32 Å². The minimum atomic E-state index is -0.101. The molecule has 3 N–H and O–H groups in total. The van der Waals surface area contributed by atoms with Gasteiger partial charge in [0.25, 0.3) is 0 Å². The van der Waals surface area contributed by atoms with Gasteiger partial charge in [-0.05, 0) is 11.6 Å². The van der Waals surface area contributed by atoms with Crippen molar-refractivity contribution in [2.75, 3.05) is 5.32 Å². The second kappa shape index (κ2) is 2.17. The number of rotatable bonds is 0. The molecule has 1 aromatic carbocycles. The number of anilines is 1. The highest BCUT2D eigenvalue weighted by molar-refractivity contribution is 5.66. The first kappa shape index (κ1) is 7.03. The average molecular weight is 163 g/mol. The Morgan fingerprint density at radius 1 is 1.25 bits per heavy atom. The third-order valence-electron chi connectivity index (χ3n) is 1.92. The van der Waals surface area contributed by atoms with Gasteiger partial charge in [-0.3, -0.25) is 0 Å². The van der Waals surface area contributed by atoms with Gasteiger partial charge in [0, 0.05) is 23.9 Å². The fourth-order valence-electron chi connectivity index (χ4n) is 1.35. The van der Waals surface area contributed by atoms with Crippen molar-refractivity contribution in [2.24, 2.45) is 0 Å². The van der Waals surface area contributed by atoms with Crippen molar-refractivity contribution in [3.05, 3.63) is 30.0 Å². The molecule has 0 fully saturated rings. The van der Waals surface area contributed by atoms with Gasteiger partial charge in [0.15, 0.2) is 11.5 Å². The fourth-order valence-corrected chi connectivity index (χ4v) is 1.35. The number of phenolic OH excluding ortho intramolecular Hbond substituents is 2. The maximum absolute atomic E-state index is 9.16. The summed E-state index contributed by atoms with van der Waals surface area (Å²) in [6.07, 6.45) is 0.711. The lowest BCUT2D eigenvalue weighted by Gasteiger charge is -2.01. The van der Waals surface area contributed by atoms with E-state index >= 15 is 0 Å². The van der Waals surface area contributed by atoms with Crippen LogP contribution in [0.25, 0.3) is 0 Å². The molecule has 0 saturated heterocycles. The predicted octanol–water partition coefficient (Wildman–Crippen LogP) is 1.58. The van der Waals surface area contributed by atoms with Crippen molar-refractivity contribution in [1.29, 1.82) is 0 Å². The van der Waals surface area contributed by atoms with Crippen LogP contribution >= 0.6 is 0 Å². The molecular formula is C9H9NO2. The monoisotopic (exact) mass is 163 g/mol. The van der Waals surface area contributed by atoms with Crippen molar-refractivity contribution in [2.45, 2.75) is 6.42 Å². The van der Waals surface area contributed by atoms with Crippen molar-refractivity contribution in [3.8, 4) is 11.5 Å². The van der Waals surface area contributed by atoms with E-state index in [-0.39, 0.29) is 11.5 Å². The van der Waals surface area contributed by atoms with Gasteiger partial charge in [0.05, 0.1) is 0 Å². The summed E-state index contributed by atoms with van der Waals surface area (Å²) in [5, 5.41) is 21.3. The second-order valence-corrected chi connectivity index (χ2v) is 2.90. The molecule has 1 aliphatic heterocycles. The summed E-state index contributed by atoms with van der Waals surface area (Å²) in [7, 11) is 0. The fraction of sp³-hybridized carbons (Fsp3) is 0.111. The summed E-state index contributed by atoms with van der Waals surface area (Å²) in [4.78, 5) is 0. The van der Waals surface area contributed by atoms with Crippen molar-refractivity contribution in [3.63, 3.8) is 0 Å². The Morgan fingerprint density at radius 3 is 2.67 bits per heavy atom. The van der Waals surface area contributed by atoms with Crippen LogP contribution in [0.1, 0.15) is 5.56 Å². The molecule has 0 saturated carbocycles. The Labute approximate surface area is 70.0 Å². The third-order valence-corrected chi connectivity index (χ3v) is 1.92. The van der Waals surface area contributed by atoms with Crippen LogP contribution in [0.15, 0.2) is 24.4 Å². The molecule has 2 rings (SSSR count). The number of allylic oxidation sites excluding steroid dienone is 1. The van der Waals surface area contributed by atoms with Crippen LogP contribution in [0.2, 0.25) is 0 Å². The van der Waals surface area contributed by atoms with E-state index < -0.39 is 0 Å². The second-order valence-electron chi connectivity index (χ2n) is 2.90. The van der Waals surface area contributed by atoms with Gasteiger partial charge in [0.1, 0.15) is 0 Å². The summed E-state index contributed by atoms with van der Waals surface area (Å²) < 4.78 is 0. The van der Waals surface area contributed by atoms with Crippen molar-refractivity contribution >= 4 is 5.69 Å². The normalized spacial score (nSPS) is 14.2. The number of phenols is 2. The highest BCUT2D eigenvalue weighted by Gasteiger charge is 2.15. The van der Waals surface area contributed by atoms with Gasteiger partial charge in [-0.1, -0.05) is 6.58 Å². The largest absolute Gasteiger partial charge is 0.504 e. The lowest BCUT2D eigenvalue weighted by atomic mass is 10.1. The van der Waals surface area contributed by atoms with E-state index in [1.54, 1.807) is 6.07 Å². The Balaban J connectivity index is 2.55. The molecule has 3 nitrogen and oxygen atoms in total. The molecule has 3 heteroatoms. The van der Waals surface area contributed by atoms with Gasteiger partial charge in [-0.2, -0.15) is 0 Å².